The van der Waals surface area contributed by atoms with Crippen LogP contribution in [0.3, 0.4) is 0 Å². The molecule has 2 heterocycles. The molecular formula is C19H29N3O5S. The van der Waals surface area contributed by atoms with Gasteiger partial charge in [0, 0.05) is 26.6 Å². The fourth-order valence-electron chi connectivity index (χ4n) is 3.46. The monoisotopic (exact) mass is 411 g/mol. The molecule has 1 fully saturated rings. The van der Waals surface area contributed by atoms with E-state index >= 15 is 0 Å². The summed E-state index contributed by atoms with van der Waals surface area (Å²) in [5.41, 5.74) is -0.0420. The summed E-state index contributed by atoms with van der Waals surface area (Å²) < 4.78 is 39.2. The predicted molar refractivity (Wildman–Crippen MR) is 106 cm³/mol. The summed E-state index contributed by atoms with van der Waals surface area (Å²) in [4.78, 5) is 16.0. The number of hydrogen-bond donors (Lipinski definition) is 1. The van der Waals surface area contributed by atoms with Crippen molar-refractivity contribution in [3.05, 3.63) is 18.2 Å². The highest BCUT2D eigenvalue weighted by Crippen LogP contribution is 2.38. The summed E-state index contributed by atoms with van der Waals surface area (Å²) in [6.45, 7) is 10.0. The number of benzene rings is 1. The van der Waals surface area contributed by atoms with Crippen LogP contribution in [0, 0.1) is 0 Å². The van der Waals surface area contributed by atoms with Crippen molar-refractivity contribution >= 4 is 21.6 Å². The first-order valence-corrected chi connectivity index (χ1v) is 11.1. The lowest BCUT2D eigenvalue weighted by Crippen LogP contribution is -2.48. The van der Waals surface area contributed by atoms with Gasteiger partial charge in [-0.25, -0.2) is 13.1 Å². The Morgan fingerprint density at radius 3 is 2.64 bits per heavy atom. The van der Waals surface area contributed by atoms with Crippen LogP contribution < -0.4 is 14.4 Å². The molecule has 0 unspecified atom stereocenters. The second-order valence-corrected chi connectivity index (χ2v) is 9.57. The number of rotatable bonds is 6. The first-order chi connectivity index (χ1) is 13.2. The summed E-state index contributed by atoms with van der Waals surface area (Å²) in [7, 11) is -3.66. The van der Waals surface area contributed by atoms with E-state index in [0.29, 0.717) is 24.5 Å². The van der Waals surface area contributed by atoms with E-state index in [1.54, 1.807) is 11.0 Å². The van der Waals surface area contributed by atoms with Crippen LogP contribution in [0.4, 0.5) is 5.69 Å². The Bertz CT molecular complexity index is 819. The van der Waals surface area contributed by atoms with E-state index in [0.717, 1.165) is 39.3 Å². The van der Waals surface area contributed by atoms with Gasteiger partial charge in [0.1, 0.15) is 11.4 Å². The summed E-state index contributed by atoms with van der Waals surface area (Å²) in [6.07, 6.45) is 0.723. The average Bonchev–Trinajstić information content (AvgIpc) is 2.64. The molecule has 9 heteroatoms. The lowest BCUT2D eigenvalue weighted by molar-refractivity contribution is -0.117. The van der Waals surface area contributed by atoms with E-state index in [1.807, 2.05) is 13.8 Å². The maximum atomic E-state index is 12.7. The van der Waals surface area contributed by atoms with Crippen molar-refractivity contribution in [1.29, 1.82) is 0 Å². The number of carbonyl (C=O) groups excluding carboxylic acids is 1. The van der Waals surface area contributed by atoms with Crippen LogP contribution in [0.25, 0.3) is 0 Å². The molecular weight excluding hydrogens is 382 g/mol. The molecule has 0 aliphatic carbocycles. The molecule has 8 nitrogen and oxygen atoms in total. The largest absolute Gasteiger partial charge is 0.484 e. The van der Waals surface area contributed by atoms with Gasteiger partial charge in [-0.3, -0.25) is 9.69 Å². The SMILES string of the molecule is CC(=O)N1CC(C)(C)Oc2ccc(S(=O)(=O)NCCCN3CCOCC3)cc21. The average molecular weight is 412 g/mol. The van der Waals surface area contributed by atoms with E-state index in [4.69, 9.17) is 9.47 Å². The van der Waals surface area contributed by atoms with Crippen molar-refractivity contribution < 1.29 is 22.7 Å². The van der Waals surface area contributed by atoms with Gasteiger partial charge in [-0.2, -0.15) is 0 Å². The van der Waals surface area contributed by atoms with Crippen LogP contribution in [0.15, 0.2) is 23.1 Å². The molecule has 0 saturated carbocycles. The number of fused-ring (bicyclic) bond motifs is 1. The molecule has 3 rings (SSSR count). The molecule has 1 N–H and O–H groups in total. The lowest BCUT2D eigenvalue weighted by atomic mass is 10.1. The van der Waals surface area contributed by atoms with Gasteiger partial charge >= 0.3 is 0 Å². The first kappa shape index (κ1) is 21.0. The van der Waals surface area contributed by atoms with Crippen molar-refractivity contribution in [3.8, 4) is 5.75 Å². The van der Waals surface area contributed by atoms with Crippen molar-refractivity contribution in [3.63, 3.8) is 0 Å². The Hall–Kier alpha value is -1.68. The first-order valence-electron chi connectivity index (χ1n) is 9.59. The summed E-state index contributed by atoms with van der Waals surface area (Å²) >= 11 is 0. The Morgan fingerprint density at radius 2 is 1.96 bits per heavy atom. The van der Waals surface area contributed by atoms with Crippen LogP contribution >= 0.6 is 0 Å². The Morgan fingerprint density at radius 1 is 1.25 bits per heavy atom. The minimum atomic E-state index is -3.66. The maximum absolute atomic E-state index is 12.7. The van der Waals surface area contributed by atoms with E-state index in [1.165, 1.54) is 19.1 Å². The smallest absolute Gasteiger partial charge is 0.240 e. The summed E-state index contributed by atoms with van der Waals surface area (Å²) in [5.74, 6) is 0.364. The zero-order valence-electron chi connectivity index (χ0n) is 16.7. The minimum absolute atomic E-state index is 0.132. The van der Waals surface area contributed by atoms with Gasteiger partial charge < -0.3 is 14.4 Å². The quantitative estimate of drug-likeness (QED) is 0.708. The Labute approximate surface area is 166 Å². The van der Waals surface area contributed by atoms with E-state index in [2.05, 4.69) is 9.62 Å². The molecule has 0 spiro atoms. The molecule has 2 aliphatic rings. The molecule has 0 aromatic heterocycles. The molecule has 28 heavy (non-hydrogen) atoms. The third-order valence-electron chi connectivity index (χ3n) is 4.88. The number of nitrogens with one attached hydrogen (secondary N) is 1. The highest BCUT2D eigenvalue weighted by molar-refractivity contribution is 7.89. The molecule has 1 saturated heterocycles. The van der Waals surface area contributed by atoms with Gasteiger partial charge in [0.05, 0.1) is 30.3 Å². The van der Waals surface area contributed by atoms with Gasteiger partial charge in [0.15, 0.2) is 0 Å². The molecule has 0 radical (unpaired) electrons. The fourth-order valence-corrected chi connectivity index (χ4v) is 4.55. The minimum Gasteiger partial charge on any atom is -0.484 e. The van der Waals surface area contributed by atoms with Crippen LogP contribution in [0.2, 0.25) is 0 Å². The number of ether oxygens (including phenoxy) is 2. The van der Waals surface area contributed by atoms with Crippen molar-refractivity contribution in [2.45, 2.75) is 37.7 Å². The molecule has 0 atom stereocenters. The van der Waals surface area contributed by atoms with Crippen LogP contribution in [0.5, 0.6) is 5.75 Å². The Kier molecular flexibility index (Phi) is 6.28. The normalized spacial score (nSPS) is 19.8. The molecule has 1 aromatic rings. The summed E-state index contributed by atoms with van der Waals surface area (Å²) in [5, 5.41) is 0. The third-order valence-corrected chi connectivity index (χ3v) is 6.34. The van der Waals surface area contributed by atoms with Crippen LogP contribution in [-0.2, 0) is 19.6 Å². The van der Waals surface area contributed by atoms with Crippen molar-refractivity contribution in [1.82, 2.24) is 9.62 Å². The molecule has 1 aromatic carbocycles. The third kappa shape index (κ3) is 5.02. The molecule has 0 bridgehead atoms. The number of hydrogen-bond acceptors (Lipinski definition) is 6. The second kappa shape index (κ2) is 8.36. The number of anilines is 1. The number of sulfonamides is 1. The molecule has 1 amide bonds. The van der Waals surface area contributed by atoms with E-state index < -0.39 is 15.6 Å². The van der Waals surface area contributed by atoms with Gasteiger partial charge in [0.25, 0.3) is 0 Å². The van der Waals surface area contributed by atoms with Crippen LogP contribution in [-0.4, -0.2) is 70.8 Å². The number of nitrogens with zero attached hydrogens (tertiary/aromatic N) is 2. The lowest BCUT2D eigenvalue weighted by Gasteiger charge is -2.39. The topological polar surface area (TPSA) is 88.2 Å². The highest BCUT2D eigenvalue weighted by atomic mass is 32.2. The van der Waals surface area contributed by atoms with Gasteiger partial charge in [-0.1, -0.05) is 0 Å². The molecule has 156 valence electrons. The second-order valence-electron chi connectivity index (χ2n) is 7.80. The zero-order valence-corrected chi connectivity index (χ0v) is 17.5. The van der Waals surface area contributed by atoms with Crippen molar-refractivity contribution in [2.75, 3.05) is 50.8 Å². The number of morpholine rings is 1. The summed E-state index contributed by atoms with van der Waals surface area (Å²) in [6, 6.07) is 4.65. The standard InChI is InChI=1S/C19H29N3O5S/c1-15(23)22-14-19(2,3)27-18-6-5-16(13-17(18)22)28(24,25)20-7-4-8-21-9-11-26-12-10-21/h5-6,13,20H,4,7-12,14H2,1-3H3. The van der Waals surface area contributed by atoms with E-state index in [9.17, 15) is 13.2 Å². The number of carbonyl (C=O) groups is 1. The van der Waals surface area contributed by atoms with E-state index in [-0.39, 0.29) is 10.8 Å². The predicted octanol–water partition coefficient (Wildman–Crippen LogP) is 1.21. The Balaban J connectivity index is 1.67. The number of amides is 1. The maximum Gasteiger partial charge on any atom is 0.240 e. The zero-order chi connectivity index (χ0) is 20.4. The van der Waals surface area contributed by atoms with Gasteiger partial charge in [-0.15, -0.1) is 0 Å². The molecule has 2 aliphatic heterocycles. The van der Waals surface area contributed by atoms with Gasteiger partial charge in [-0.05, 0) is 45.0 Å². The van der Waals surface area contributed by atoms with Crippen LogP contribution in [0.1, 0.15) is 27.2 Å². The fraction of sp³-hybridized carbons (Fsp3) is 0.632. The highest BCUT2D eigenvalue weighted by Gasteiger charge is 2.34. The van der Waals surface area contributed by atoms with Crippen molar-refractivity contribution in [2.24, 2.45) is 0 Å². The van der Waals surface area contributed by atoms with Gasteiger partial charge in [0.2, 0.25) is 15.9 Å².